The molecular formula is C26H28N6O5S. The topological polar surface area (TPSA) is 138 Å². The van der Waals surface area contributed by atoms with Crippen molar-refractivity contribution in [2.45, 2.75) is 48.5 Å². The molecule has 1 N–H and O–H groups in total. The second kappa shape index (κ2) is 11.5. The van der Waals surface area contributed by atoms with Crippen molar-refractivity contribution in [1.82, 2.24) is 14.9 Å². The van der Waals surface area contributed by atoms with Crippen molar-refractivity contribution >= 4 is 41.6 Å². The first-order valence-electron chi connectivity index (χ1n) is 12.5. The zero-order valence-corrected chi connectivity index (χ0v) is 21.8. The molecule has 2 saturated heterocycles. The van der Waals surface area contributed by atoms with Crippen molar-refractivity contribution in [1.29, 1.82) is 5.26 Å². The maximum Gasteiger partial charge on any atom is 0.328 e. The summed E-state index contributed by atoms with van der Waals surface area (Å²) in [5, 5.41) is 12.6. The summed E-state index contributed by atoms with van der Waals surface area (Å²) < 4.78 is 10.7. The lowest BCUT2D eigenvalue weighted by Crippen LogP contribution is -2.40. The van der Waals surface area contributed by atoms with Crippen molar-refractivity contribution in [3.63, 3.8) is 0 Å². The molecule has 2 aromatic heterocycles. The predicted octanol–water partition coefficient (Wildman–Crippen LogP) is 2.77. The number of carbonyl (C=O) groups excluding carboxylic acids is 3. The molecule has 0 unspecified atom stereocenters. The molecule has 0 aromatic carbocycles. The van der Waals surface area contributed by atoms with E-state index in [4.69, 9.17) is 9.47 Å². The summed E-state index contributed by atoms with van der Waals surface area (Å²) in [4.78, 5) is 50.5. The molecule has 11 nitrogen and oxygen atoms in total. The number of aromatic nitrogens is 2. The number of likely N-dealkylation sites (tertiary alicyclic amines) is 1. The quantitative estimate of drug-likeness (QED) is 0.529. The Balaban J connectivity index is 1.34. The highest BCUT2D eigenvalue weighted by molar-refractivity contribution is 8.00. The average Bonchev–Trinajstić information content (AvgIpc) is 3.57. The summed E-state index contributed by atoms with van der Waals surface area (Å²) in [5.41, 5.74) is 2.14. The van der Waals surface area contributed by atoms with E-state index < -0.39 is 12.1 Å². The predicted molar refractivity (Wildman–Crippen MR) is 139 cm³/mol. The van der Waals surface area contributed by atoms with Gasteiger partial charge in [-0.05, 0) is 37.0 Å². The summed E-state index contributed by atoms with van der Waals surface area (Å²) in [6.45, 7) is 2.56. The third-order valence-corrected chi connectivity index (χ3v) is 8.23. The highest BCUT2D eigenvalue weighted by Gasteiger charge is 2.33. The van der Waals surface area contributed by atoms with Gasteiger partial charge >= 0.3 is 6.03 Å². The fourth-order valence-electron chi connectivity index (χ4n) is 4.92. The van der Waals surface area contributed by atoms with Crippen LogP contribution in [0.1, 0.15) is 46.4 Å². The van der Waals surface area contributed by atoms with Gasteiger partial charge in [0, 0.05) is 61.7 Å². The molecule has 38 heavy (non-hydrogen) atoms. The van der Waals surface area contributed by atoms with Gasteiger partial charge in [-0.2, -0.15) is 5.26 Å². The van der Waals surface area contributed by atoms with Gasteiger partial charge in [0.2, 0.25) is 0 Å². The van der Waals surface area contributed by atoms with Gasteiger partial charge < -0.3 is 14.4 Å². The molecule has 2 aromatic rings. The minimum atomic E-state index is -0.458. The van der Waals surface area contributed by atoms with Gasteiger partial charge in [0.05, 0.1) is 12.2 Å². The van der Waals surface area contributed by atoms with E-state index in [0.29, 0.717) is 68.2 Å². The summed E-state index contributed by atoms with van der Waals surface area (Å²) in [7, 11) is 1.51. The smallest absolute Gasteiger partial charge is 0.328 e. The maximum atomic E-state index is 13.3. The number of anilines is 2. The Kier molecular flexibility index (Phi) is 7.87. The first-order chi connectivity index (χ1) is 18.5. The third-order valence-electron chi connectivity index (χ3n) is 6.93. The van der Waals surface area contributed by atoms with Crippen molar-refractivity contribution < 1.29 is 23.9 Å². The number of aldehydes is 1. The van der Waals surface area contributed by atoms with Crippen LogP contribution in [0.3, 0.4) is 0 Å². The molecule has 3 amide bonds. The fraction of sp³-hybridized carbons (Fsp3) is 0.462. The van der Waals surface area contributed by atoms with E-state index in [1.165, 1.54) is 18.2 Å². The zero-order valence-electron chi connectivity index (χ0n) is 21.0. The number of hydrogen-bond acceptors (Lipinski definition) is 9. The van der Waals surface area contributed by atoms with Gasteiger partial charge in [0.15, 0.2) is 6.29 Å². The van der Waals surface area contributed by atoms with Gasteiger partial charge in [-0.1, -0.05) is 0 Å². The highest BCUT2D eigenvalue weighted by atomic mass is 32.2. The second-order valence-corrected chi connectivity index (χ2v) is 10.7. The minimum Gasteiger partial charge on any atom is -0.380 e. The molecule has 198 valence electrons. The van der Waals surface area contributed by atoms with Gasteiger partial charge in [-0.3, -0.25) is 19.8 Å². The lowest BCUT2D eigenvalue weighted by Gasteiger charge is -2.29. The molecule has 3 aliphatic heterocycles. The van der Waals surface area contributed by atoms with E-state index in [9.17, 15) is 19.6 Å². The molecule has 0 radical (unpaired) electrons. The molecule has 3 aliphatic rings. The molecule has 0 bridgehead atoms. The van der Waals surface area contributed by atoms with Crippen LogP contribution in [0.25, 0.3) is 0 Å². The van der Waals surface area contributed by atoms with Crippen LogP contribution in [0.4, 0.5) is 16.4 Å². The lowest BCUT2D eigenvalue weighted by molar-refractivity contribution is -0.136. The average molecular weight is 537 g/mol. The molecule has 2 fully saturated rings. The Hall–Kier alpha value is -3.53. The van der Waals surface area contributed by atoms with Crippen LogP contribution >= 0.6 is 11.8 Å². The minimum absolute atomic E-state index is 0.101. The van der Waals surface area contributed by atoms with Crippen LogP contribution in [-0.2, 0) is 27.2 Å². The molecule has 0 spiro atoms. The summed E-state index contributed by atoms with van der Waals surface area (Å²) in [6.07, 6.45) is 4.59. The summed E-state index contributed by atoms with van der Waals surface area (Å²) in [5.74, 6) is 0.652. The summed E-state index contributed by atoms with van der Waals surface area (Å²) in [6, 6.07) is 5.32. The van der Waals surface area contributed by atoms with Crippen LogP contribution in [0.15, 0.2) is 23.2 Å². The largest absolute Gasteiger partial charge is 0.380 e. The van der Waals surface area contributed by atoms with Gasteiger partial charge in [0.1, 0.15) is 29.5 Å². The number of amides is 3. The second-order valence-electron chi connectivity index (χ2n) is 9.37. The number of hydrogen-bond donors (Lipinski definition) is 1. The number of urea groups is 1. The van der Waals surface area contributed by atoms with Crippen LogP contribution in [0, 0.1) is 11.3 Å². The lowest BCUT2D eigenvalue weighted by atomic mass is 10.0. The fourth-order valence-corrected chi connectivity index (χ4v) is 6.07. The van der Waals surface area contributed by atoms with Crippen molar-refractivity contribution in [2.24, 2.45) is 0 Å². The SMILES string of the molecule is CO[C@@H]1CCN(Cc2cc3c(nc2C=O)N(C(=O)Nc2cc(S[C@@H]4CCOC4)c(C#N)cn2)CCC3)C1=O. The number of nitriles is 1. The number of carbonyl (C=O) groups is 3. The van der Waals surface area contributed by atoms with E-state index in [1.807, 2.05) is 6.07 Å². The Bertz CT molecular complexity index is 1290. The number of ether oxygens (including phenoxy) is 2. The monoisotopic (exact) mass is 536 g/mol. The first kappa shape index (κ1) is 26.1. The van der Waals surface area contributed by atoms with E-state index in [2.05, 4.69) is 21.4 Å². The van der Waals surface area contributed by atoms with Crippen LogP contribution in [0.5, 0.6) is 0 Å². The highest BCUT2D eigenvalue weighted by Crippen LogP contribution is 2.33. The number of thioether (sulfide) groups is 1. The molecule has 5 rings (SSSR count). The number of rotatable bonds is 7. The third kappa shape index (κ3) is 5.36. The van der Waals surface area contributed by atoms with E-state index in [1.54, 1.807) is 22.7 Å². The number of aryl methyl sites for hydroxylation is 1. The summed E-state index contributed by atoms with van der Waals surface area (Å²) >= 11 is 1.55. The maximum absolute atomic E-state index is 13.3. The zero-order chi connectivity index (χ0) is 26.6. The van der Waals surface area contributed by atoms with Crippen LogP contribution in [-0.4, -0.2) is 77.9 Å². The number of nitrogens with zero attached hydrogens (tertiary/aromatic N) is 5. The number of fused-ring (bicyclic) bond motifs is 1. The Morgan fingerprint density at radius 3 is 2.95 bits per heavy atom. The molecular weight excluding hydrogens is 508 g/mol. The molecule has 2 atom stereocenters. The Morgan fingerprint density at radius 1 is 1.37 bits per heavy atom. The normalized spacial score (nSPS) is 20.8. The van der Waals surface area contributed by atoms with E-state index in [-0.39, 0.29) is 23.4 Å². The molecule has 0 aliphatic carbocycles. The van der Waals surface area contributed by atoms with Gasteiger partial charge in [0.25, 0.3) is 5.91 Å². The standard InChI is InChI=1S/C26H28N6O5S/c1-36-21-4-7-31(25(21)34)13-17-9-16-3-2-6-32(24(16)29-20(17)14-33)26(35)30-23-10-22(18(11-27)12-28-23)38-19-5-8-37-15-19/h9-10,12,14,19,21H,2-8,13,15H2,1H3,(H,28,30,35)/t19-,21-/m1/s1. The Labute approximate surface area is 224 Å². The van der Waals surface area contributed by atoms with Gasteiger partial charge in [-0.15, -0.1) is 11.8 Å². The van der Waals surface area contributed by atoms with E-state index in [0.717, 1.165) is 23.3 Å². The van der Waals surface area contributed by atoms with E-state index >= 15 is 0 Å². The van der Waals surface area contributed by atoms with Gasteiger partial charge in [-0.25, -0.2) is 14.8 Å². The van der Waals surface area contributed by atoms with Crippen molar-refractivity contribution in [3.05, 3.63) is 40.7 Å². The number of nitrogens with one attached hydrogen (secondary N) is 1. The molecule has 0 saturated carbocycles. The number of pyridine rings is 2. The number of methoxy groups -OCH3 is 1. The Morgan fingerprint density at radius 2 is 2.24 bits per heavy atom. The van der Waals surface area contributed by atoms with Crippen molar-refractivity contribution in [3.8, 4) is 6.07 Å². The molecule has 5 heterocycles. The first-order valence-corrected chi connectivity index (χ1v) is 13.4. The van der Waals surface area contributed by atoms with Crippen LogP contribution in [0.2, 0.25) is 0 Å². The van der Waals surface area contributed by atoms with Crippen LogP contribution < -0.4 is 10.2 Å². The van der Waals surface area contributed by atoms with Crippen molar-refractivity contribution in [2.75, 3.05) is 43.6 Å². The molecule has 12 heteroatoms.